The van der Waals surface area contributed by atoms with Crippen LogP contribution in [0, 0.1) is 11.8 Å². The second-order valence-electron chi connectivity index (χ2n) is 7.61. The number of carbonyl (C=O) groups is 1. The van der Waals surface area contributed by atoms with Gasteiger partial charge in [0.25, 0.3) is 0 Å². The number of rotatable bonds is 12. The van der Waals surface area contributed by atoms with Gasteiger partial charge in [-0.2, -0.15) is 0 Å². The van der Waals surface area contributed by atoms with Gasteiger partial charge in [-0.3, -0.25) is 4.79 Å². The summed E-state index contributed by atoms with van der Waals surface area (Å²) >= 11 is 0. The van der Waals surface area contributed by atoms with E-state index in [2.05, 4.69) is 25.2 Å². The van der Waals surface area contributed by atoms with Gasteiger partial charge in [0.2, 0.25) is 0 Å². The summed E-state index contributed by atoms with van der Waals surface area (Å²) in [5.74, 6) is -0.428. The van der Waals surface area contributed by atoms with Crippen LogP contribution >= 0.6 is 0 Å². The zero-order valence-electron chi connectivity index (χ0n) is 15.8. The van der Waals surface area contributed by atoms with Gasteiger partial charge in [0.1, 0.15) is 0 Å². The maximum atomic E-state index is 10.5. The predicted molar refractivity (Wildman–Crippen MR) is 101 cm³/mol. The third kappa shape index (κ3) is 6.22. The summed E-state index contributed by atoms with van der Waals surface area (Å²) in [6, 6.07) is 0. The molecule has 2 aliphatic heterocycles. The van der Waals surface area contributed by atoms with E-state index >= 15 is 0 Å². The molecule has 2 aliphatic rings. The molecule has 0 aromatic carbocycles. The molecule has 2 heterocycles. The molecule has 5 nitrogen and oxygen atoms in total. The van der Waals surface area contributed by atoms with E-state index in [1.165, 1.54) is 0 Å². The molecule has 2 rings (SSSR count). The number of aliphatic carboxylic acids is 1. The number of hydrogen-bond acceptors (Lipinski definition) is 4. The van der Waals surface area contributed by atoms with Gasteiger partial charge in [-0.1, -0.05) is 50.5 Å². The van der Waals surface area contributed by atoms with Gasteiger partial charge in [-0.15, -0.1) is 0 Å². The van der Waals surface area contributed by atoms with E-state index in [-0.39, 0.29) is 30.5 Å². The molecule has 6 atom stereocenters. The molecule has 0 saturated carbocycles. The molecule has 0 spiro atoms. The minimum Gasteiger partial charge on any atom is -0.481 e. The van der Waals surface area contributed by atoms with E-state index in [9.17, 15) is 15.0 Å². The average molecular weight is 366 g/mol. The number of fused-ring (bicyclic) bond motifs is 2. The van der Waals surface area contributed by atoms with Crippen LogP contribution in [-0.2, 0) is 9.53 Å². The summed E-state index contributed by atoms with van der Waals surface area (Å²) in [5.41, 5.74) is 0. The number of carboxylic acids is 1. The maximum absolute atomic E-state index is 10.5. The Bertz CT molecular complexity index is 487. The number of hydrogen-bond donors (Lipinski definition) is 3. The Kier molecular flexibility index (Phi) is 8.82. The minimum absolute atomic E-state index is 0.0238. The van der Waals surface area contributed by atoms with Gasteiger partial charge >= 0.3 is 5.97 Å². The lowest BCUT2D eigenvalue weighted by molar-refractivity contribution is -0.137. The van der Waals surface area contributed by atoms with Crippen LogP contribution in [0.25, 0.3) is 0 Å². The van der Waals surface area contributed by atoms with E-state index in [4.69, 9.17) is 9.84 Å². The quantitative estimate of drug-likeness (QED) is 0.364. The van der Waals surface area contributed by atoms with E-state index in [0.717, 1.165) is 38.5 Å². The first-order valence-corrected chi connectivity index (χ1v) is 10.1. The number of allylic oxidation sites excluding steroid dienone is 1. The van der Waals surface area contributed by atoms with Crippen molar-refractivity contribution in [1.82, 2.24) is 0 Å². The highest BCUT2D eigenvalue weighted by atomic mass is 16.5. The van der Waals surface area contributed by atoms with E-state index in [1.807, 2.05) is 6.08 Å². The lowest BCUT2D eigenvalue weighted by Gasteiger charge is -2.26. The first-order chi connectivity index (χ1) is 12.5. The van der Waals surface area contributed by atoms with Gasteiger partial charge in [-0.25, -0.2) is 0 Å². The van der Waals surface area contributed by atoms with Crippen molar-refractivity contribution in [1.29, 1.82) is 0 Å². The second-order valence-corrected chi connectivity index (χ2v) is 7.61. The first kappa shape index (κ1) is 21.1. The van der Waals surface area contributed by atoms with E-state index in [0.29, 0.717) is 12.8 Å². The topological polar surface area (TPSA) is 87.0 Å². The SMILES string of the molecule is CCCCCC(O)/C=C/[C@H]1[C@H](/C=C\CCCCC(=O)O)[C@@H]2O[C@H]1C[C@H]2O. The van der Waals surface area contributed by atoms with Crippen LogP contribution in [0.5, 0.6) is 0 Å². The molecule has 0 aromatic rings. The van der Waals surface area contributed by atoms with Crippen LogP contribution in [0.2, 0.25) is 0 Å². The van der Waals surface area contributed by atoms with Crippen LogP contribution in [-0.4, -0.2) is 45.7 Å². The molecule has 1 unspecified atom stereocenters. The Labute approximate surface area is 156 Å². The Morgan fingerprint density at radius 2 is 2.00 bits per heavy atom. The highest BCUT2D eigenvalue weighted by Crippen LogP contribution is 2.45. The van der Waals surface area contributed by atoms with Crippen molar-refractivity contribution in [2.75, 3.05) is 0 Å². The van der Waals surface area contributed by atoms with Crippen LogP contribution in [0.3, 0.4) is 0 Å². The molecule has 0 aromatic heterocycles. The Morgan fingerprint density at radius 3 is 2.73 bits per heavy atom. The zero-order valence-corrected chi connectivity index (χ0v) is 15.8. The second kappa shape index (κ2) is 10.9. The Hall–Kier alpha value is -1.17. The summed E-state index contributed by atoms with van der Waals surface area (Å²) in [6.45, 7) is 2.15. The van der Waals surface area contributed by atoms with Crippen molar-refractivity contribution in [3.8, 4) is 0 Å². The number of unbranched alkanes of at least 4 members (excludes halogenated alkanes) is 4. The molecular formula is C21H34O5. The minimum atomic E-state index is -0.749. The number of ether oxygens (including phenoxy) is 1. The molecule has 0 aliphatic carbocycles. The summed E-state index contributed by atoms with van der Waals surface area (Å²) < 4.78 is 5.94. The molecule has 0 amide bonds. The summed E-state index contributed by atoms with van der Waals surface area (Å²) in [5, 5.41) is 28.9. The normalized spacial score (nSPS) is 32.0. The van der Waals surface area contributed by atoms with Gasteiger partial charge in [-0.05, 0) is 25.7 Å². The standard InChI is InChI=1S/C21H34O5/c1-2-3-6-9-15(22)12-13-16-17(21-18(23)14-19(16)26-21)10-7-4-5-8-11-20(24)25/h7,10,12-13,15-19,21-23H,2-6,8-9,11,14H2,1H3,(H,24,25)/b10-7-,13-12+/t15?,16-,17-,18+,19-,21-/m0/s1. The van der Waals surface area contributed by atoms with Gasteiger partial charge in [0.05, 0.1) is 24.4 Å². The molecule has 26 heavy (non-hydrogen) atoms. The molecular weight excluding hydrogens is 332 g/mol. The monoisotopic (exact) mass is 366 g/mol. The summed E-state index contributed by atoms with van der Waals surface area (Å²) in [6.07, 6.45) is 14.6. The van der Waals surface area contributed by atoms with Crippen molar-refractivity contribution < 1.29 is 24.9 Å². The summed E-state index contributed by atoms with van der Waals surface area (Å²) in [7, 11) is 0. The number of aliphatic hydroxyl groups excluding tert-OH is 2. The fraction of sp³-hybridized carbons (Fsp3) is 0.762. The van der Waals surface area contributed by atoms with Crippen molar-refractivity contribution in [2.45, 2.75) is 89.1 Å². The Morgan fingerprint density at radius 1 is 1.19 bits per heavy atom. The highest BCUT2D eigenvalue weighted by Gasteiger charge is 2.51. The van der Waals surface area contributed by atoms with Gasteiger partial charge < -0.3 is 20.1 Å². The van der Waals surface area contributed by atoms with E-state index in [1.54, 1.807) is 0 Å². The van der Waals surface area contributed by atoms with Crippen molar-refractivity contribution in [3.05, 3.63) is 24.3 Å². The fourth-order valence-corrected chi connectivity index (χ4v) is 4.02. The molecule has 3 N–H and O–H groups in total. The molecule has 5 heteroatoms. The molecule has 2 saturated heterocycles. The van der Waals surface area contributed by atoms with Crippen LogP contribution in [0.4, 0.5) is 0 Å². The molecule has 0 radical (unpaired) electrons. The Balaban J connectivity index is 1.84. The number of aliphatic hydroxyl groups is 2. The highest BCUT2D eigenvalue weighted by molar-refractivity contribution is 5.66. The van der Waals surface area contributed by atoms with Crippen LogP contribution in [0.15, 0.2) is 24.3 Å². The molecule has 148 valence electrons. The zero-order chi connectivity index (χ0) is 18.9. The third-order valence-corrected chi connectivity index (χ3v) is 5.47. The van der Waals surface area contributed by atoms with Crippen molar-refractivity contribution in [3.63, 3.8) is 0 Å². The first-order valence-electron chi connectivity index (χ1n) is 10.1. The predicted octanol–water partition coefficient (Wildman–Crippen LogP) is 3.45. The van der Waals surface area contributed by atoms with Crippen LogP contribution < -0.4 is 0 Å². The van der Waals surface area contributed by atoms with Crippen LogP contribution in [0.1, 0.15) is 64.7 Å². The van der Waals surface area contributed by atoms with Gasteiger partial charge in [0.15, 0.2) is 0 Å². The fourth-order valence-electron chi connectivity index (χ4n) is 4.02. The smallest absolute Gasteiger partial charge is 0.303 e. The lowest BCUT2D eigenvalue weighted by atomic mass is 9.77. The molecule has 2 bridgehead atoms. The lowest BCUT2D eigenvalue weighted by Crippen LogP contribution is -2.34. The van der Waals surface area contributed by atoms with Crippen molar-refractivity contribution >= 4 is 5.97 Å². The third-order valence-electron chi connectivity index (χ3n) is 5.47. The van der Waals surface area contributed by atoms with Crippen molar-refractivity contribution in [2.24, 2.45) is 11.8 Å². The maximum Gasteiger partial charge on any atom is 0.303 e. The molecule has 2 fully saturated rings. The largest absolute Gasteiger partial charge is 0.481 e. The van der Waals surface area contributed by atoms with Gasteiger partial charge in [0, 0.05) is 24.7 Å². The summed E-state index contributed by atoms with van der Waals surface area (Å²) in [4.78, 5) is 10.5. The number of carboxylic acid groups (broad SMARTS) is 1. The average Bonchev–Trinajstić information content (AvgIpc) is 3.13. The van der Waals surface area contributed by atoms with E-state index < -0.39 is 18.2 Å².